The van der Waals surface area contributed by atoms with Gasteiger partial charge in [-0.2, -0.15) is 0 Å². The molecule has 1 fully saturated rings. The van der Waals surface area contributed by atoms with Gasteiger partial charge < -0.3 is 10.1 Å². The van der Waals surface area contributed by atoms with Crippen LogP contribution in [0.3, 0.4) is 0 Å². The maximum Gasteiger partial charge on any atom is 0.351 e. The number of esters is 1. The number of halogens is 1. The van der Waals surface area contributed by atoms with E-state index in [1.165, 1.54) is 44.1 Å². The first-order valence-corrected chi connectivity index (χ1v) is 8.28. The van der Waals surface area contributed by atoms with Gasteiger partial charge >= 0.3 is 5.97 Å². The minimum atomic E-state index is -0.429. The Kier molecular flexibility index (Phi) is 5.66. The molecule has 0 saturated heterocycles. The number of carbonyl (C=O) groups excluding carboxylic acids is 1. The zero-order valence-electron chi connectivity index (χ0n) is 11.9. The molecule has 6 heteroatoms. The van der Waals surface area contributed by atoms with Crippen molar-refractivity contribution in [2.75, 3.05) is 19.0 Å². The third-order valence-corrected chi connectivity index (χ3v) is 5.30. The highest BCUT2D eigenvalue weighted by molar-refractivity contribution is 7.18. The van der Waals surface area contributed by atoms with Crippen molar-refractivity contribution in [3.8, 4) is 0 Å². The largest absolute Gasteiger partial charge is 0.465 e. The van der Waals surface area contributed by atoms with Gasteiger partial charge in [0.15, 0.2) is 15.2 Å². The molecule has 1 heterocycles. The summed E-state index contributed by atoms with van der Waals surface area (Å²) in [7, 11) is 1.34. The average Bonchev–Trinajstić information content (AvgIpc) is 2.81. The molecule has 0 radical (unpaired) electrons. The zero-order valence-corrected chi connectivity index (χ0v) is 13.5. The number of ether oxygens (including phenoxy) is 1. The maximum absolute atomic E-state index is 11.4. The molecule has 112 valence electrons. The van der Waals surface area contributed by atoms with E-state index in [0.717, 1.165) is 24.8 Å². The topological polar surface area (TPSA) is 51.2 Å². The Hall–Kier alpha value is -0.810. The second-order valence-electron chi connectivity index (χ2n) is 5.47. The minimum absolute atomic E-state index is 0.218. The van der Waals surface area contributed by atoms with E-state index in [1.54, 1.807) is 0 Å². The molecular formula is C14H21ClN2O2S. The summed E-state index contributed by atoms with van der Waals surface area (Å²) >= 11 is 7.17. The van der Waals surface area contributed by atoms with Crippen LogP contribution in [0, 0.1) is 11.8 Å². The predicted molar refractivity (Wildman–Crippen MR) is 82.7 cm³/mol. The van der Waals surface area contributed by atoms with E-state index in [4.69, 9.17) is 11.6 Å². The van der Waals surface area contributed by atoms with Gasteiger partial charge in [-0.3, -0.25) is 0 Å². The van der Waals surface area contributed by atoms with Crippen molar-refractivity contribution in [2.24, 2.45) is 11.8 Å². The quantitative estimate of drug-likeness (QED) is 0.827. The second kappa shape index (κ2) is 7.27. The summed E-state index contributed by atoms with van der Waals surface area (Å²) in [6.07, 6.45) is 6.50. The minimum Gasteiger partial charge on any atom is -0.465 e. The van der Waals surface area contributed by atoms with Crippen LogP contribution >= 0.6 is 22.9 Å². The summed E-state index contributed by atoms with van der Waals surface area (Å²) in [6.45, 7) is 3.21. The van der Waals surface area contributed by atoms with Crippen LogP contribution in [0.25, 0.3) is 0 Å². The molecule has 1 aliphatic rings. The third-order valence-electron chi connectivity index (χ3n) is 3.92. The summed E-state index contributed by atoms with van der Waals surface area (Å²) in [6, 6.07) is 0. The summed E-state index contributed by atoms with van der Waals surface area (Å²) in [4.78, 5) is 15.9. The number of anilines is 1. The number of nitrogens with zero attached hydrogens (tertiary/aromatic N) is 1. The highest BCUT2D eigenvalue weighted by atomic mass is 35.5. The molecule has 0 atom stereocenters. The molecule has 0 aliphatic heterocycles. The van der Waals surface area contributed by atoms with Crippen LogP contribution in [0.1, 0.15) is 48.7 Å². The Bertz CT molecular complexity index is 456. The van der Waals surface area contributed by atoms with Crippen molar-refractivity contribution in [1.29, 1.82) is 0 Å². The molecule has 2 rings (SSSR count). The number of methoxy groups -OCH3 is 1. The fourth-order valence-electron chi connectivity index (χ4n) is 2.60. The Labute approximate surface area is 128 Å². The van der Waals surface area contributed by atoms with Gasteiger partial charge in [0.25, 0.3) is 0 Å². The van der Waals surface area contributed by atoms with E-state index in [2.05, 4.69) is 22.0 Å². The first-order valence-electron chi connectivity index (χ1n) is 7.08. The lowest BCUT2D eigenvalue weighted by atomic mass is 9.81. The molecule has 1 aliphatic carbocycles. The van der Waals surface area contributed by atoms with E-state index in [1.807, 2.05) is 0 Å². The van der Waals surface area contributed by atoms with E-state index in [9.17, 15) is 4.79 Å². The number of aromatic nitrogens is 1. The Balaban J connectivity index is 1.78. The van der Waals surface area contributed by atoms with Crippen LogP contribution < -0.4 is 5.32 Å². The van der Waals surface area contributed by atoms with Gasteiger partial charge in [0.1, 0.15) is 0 Å². The van der Waals surface area contributed by atoms with Crippen molar-refractivity contribution in [3.63, 3.8) is 0 Å². The zero-order chi connectivity index (χ0) is 14.5. The van der Waals surface area contributed by atoms with Crippen molar-refractivity contribution < 1.29 is 9.53 Å². The Morgan fingerprint density at radius 3 is 2.80 bits per heavy atom. The van der Waals surface area contributed by atoms with Crippen LogP contribution in [0.5, 0.6) is 0 Å². The lowest BCUT2D eigenvalue weighted by molar-refractivity contribution is 0.0606. The van der Waals surface area contributed by atoms with Crippen LogP contribution in [0.15, 0.2) is 0 Å². The lowest BCUT2D eigenvalue weighted by Crippen LogP contribution is -2.15. The van der Waals surface area contributed by atoms with Crippen LogP contribution in [-0.4, -0.2) is 24.6 Å². The average molecular weight is 317 g/mol. The van der Waals surface area contributed by atoms with Gasteiger partial charge in [-0.05, 0) is 18.3 Å². The monoisotopic (exact) mass is 316 g/mol. The van der Waals surface area contributed by atoms with E-state index in [-0.39, 0.29) is 5.15 Å². The number of hydrogen-bond donors (Lipinski definition) is 1. The maximum atomic E-state index is 11.4. The summed E-state index contributed by atoms with van der Waals surface area (Å²) in [5.41, 5.74) is 0. The molecule has 0 unspecified atom stereocenters. The molecule has 0 bridgehead atoms. The highest BCUT2D eigenvalue weighted by Crippen LogP contribution is 2.31. The van der Waals surface area contributed by atoms with Crippen LogP contribution in [-0.2, 0) is 4.74 Å². The van der Waals surface area contributed by atoms with Gasteiger partial charge in [-0.1, -0.05) is 55.5 Å². The van der Waals surface area contributed by atoms with Gasteiger partial charge in [0.05, 0.1) is 7.11 Å². The number of thiazole rings is 1. The Morgan fingerprint density at radius 2 is 2.15 bits per heavy atom. The fraction of sp³-hybridized carbons (Fsp3) is 0.714. The molecule has 0 spiro atoms. The van der Waals surface area contributed by atoms with Crippen LogP contribution in [0.4, 0.5) is 5.13 Å². The second-order valence-corrected chi connectivity index (χ2v) is 6.83. The third kappa shape index (κ3) is 4.09. The van der Waals surface area contributed by atoms with E-state index >= 15 is 0 Å². The van der Waals surface area contributed by atoms with Gasteiger partial charge in [0.2, 0.25) is 0 Å². The predicted octanol–water partition coefficient (Wildman–Crippen LogP) is 4.21. The first-order chi connectivity index (χ1) is 9.60. The summed E-state index contributed by atoms with van der Waals surface area (Å²) in [5, 5.41) is 4.17. The first kappa shape index (κ1) is 15.6. The molecule has 0 amide bonds. The van der Waals surface area contributed by atoms with Crippen molar-refractivity contribution in [1.82, 2.24) is 4.98 Å². The molecular weight excluding hydrogens is 296 g/mol. The number of hydrogen-bond acceptors (Lipinski definition) is 5. The summed E-state index contributed by atoms with van der Waals surface area (Å²) in [5.74, 6) is 1.27. The van der Waals surface area contributed by atoms with Crippen molar-refractivity contribution in [3.05, 3.63) is 10.0 Å². The van der Waals surface area contributed by atoms with Gasteiger partial charge in [-0.15, -0.1) is 0 Å². The van der Waals surface area contributed by atoms with Crippen molar-refractivity contribution >= 4 is 34.0 Å². The van der Waals surface area contributed by atoms with Crippen molar-refractivity contribution in [2.45, 2.75) is 39.0 Å². The van der Waals surface area contributed by atoms with E-state index < -0.39 is 5.97 Å². The molecule has 1 aromatic heterocycles. The molecule has 1 N–H and O–H groups in total. The number of rotatable bonds is 5. The number of carbonyl (C=O) groups is 1. The normalized spacial score (nSPS) is 22.6. The lowest BCUT2D eigenvalue weighted by Gasteiger charge is -2.25. The smallest absolute Gasteiger partial charge is 0.351 e. The molecule has 0 aromatic carbocycles. The van der Waals surface area contributed by atoms with E-state index in [0.29, 0.717) is 10.0 Å². The standard InChI is InChI=1S/C14H21ClN2O2S/c1-9-3-5-10(6-4-9)7-8-16-14-17-12(15)11(20-14)13(18)19-2/h9-10H,3-8H2,1-2H3,(H,16,17). The van der Waals surface area contributed by atoms with Crippen LogP contribution in [0.2, 0.25) is 5.15 Å². The number of nitrogens with one attached hydrogen (secondary N) is 1. The molecule has 4 nitrogen and oxygen atoms in total. The summed E-state index contributed by atoms with van der Waals surface area (Å²) < 4.78 is 4.66. The SMILES string of the molecule is COC(=O)c1sc(NCCC2CCC(C)CC2)nc1Cl. The molecule has 20 heavy (non-hydrogen) atoms. The highest BCUT2D eigenvalue weighted by Gasteiger charge is 2.19. The fourth-order valence-corrected chi connectivity index (χ4v) is 3.73. The van der Waals surface area contributed by atoms with Gasteiger partial charge in [0, 0.05) is 6.54 Å². The van der Waals surface area contributed by atoms with Gasteiger partial charge in [-0.25, -0.2) is 9.78 Å². The molecule has 1 aromatic rings. The Morgan fingerprint density at radius 1 is 1.45 bits per heavy atom. The molecule has 1 saturated carbocycles.